The summed E-state index contributed by atoms with van der Waals surface area (Å²) in [5.41, 5.74) is 0.324. The van der Waals surface area contributed by atoms with Crippen LogP contribution in [0, 0.1) is 24.4 Å². The van der Waals surface area contributed by atoms with Gasteiger partial charge in [-0.2, -0.15) is 9.37 Å². The summed E-state index contributed by atoms with van der Waals surface area (Å²) >= 11 is 0. The van der Waals surface area contributed by atoms with Gasteiger partial charge in [0.15, 0.2) is 17.4 Å². The van der Waals surface area contributed by atoms with E-state index in [-0.39, 0.29) is 0 Å². The maximum atomic E-state index is 14.5. The molecule has 4 rings (SSSR count). The molecule has 0 atom stereocenters. The van der Waals surface area contributed by atoms with Crippen LogP contribution in [0.1, 0.15) is 35.3 Å². The predicted octanol–water partition coefficient (Wildman–Crippen LogP) is 3.16. The van der Waals surface area contributed by atoms with E-state index in [1.807, 2.05) is 17.9 Å². The van der Waals surface area contributed by atoms with Gasteiger partial charge >= 0.3 is 0 Å². The number of anilines is 2. The molecule has 2 aliphatic rings. The highest BCUT2D eigenvalue weighted by Crippen LogP contribution is 2.28. The zero-order chi connectivity index (χ0) is 22.8. The lowest BCUT2D eigenvalue weighted by Crippen LogP contribution is -2.49. The van der Waals surface area contributed by atoms with Gasteiger partial charge in [-0.1, -0.05) is 0 Å². The van der Waals surface area contributed by atoms with Crippen LogP contribution in [0.3, 0.4) is 0 Å². The Morgan fingerprint density at radius 3 is 2.25 bits per heavy atom. The van der Waals surface area contributed by atoms with Gasteiger partial charge < -0.3 is 19.4 Å². The van der Waals surface area contributed by atoms with E-state index in [9.17, 15) is 18.0 Å². The van der Waals surface area contributed by atoms with E-state index in [1.54, 1.807) is 0 Å². The fraction of sp³-hybridized carbons (Fsp3) is 0.500. The minimum absolute atomic E-state index is 0.293. The summed E-state index contributed by atoms with van der Waals surface area (Å²) in [7, 11) is 1.02. The third kappa shape index (κ3) is 4.31. The molecular weight excluding hydrogens is 423 g/mol. The van der Waals surface area contributed by atoms with Crippen molar-refractivity contribution in [1.29, 1.82) is 0 Å². The maximum Gasteiger partial charge on any atom is 0.257 e. The monoisotopic (exact) mass is 449 g/mol. The Labute approximate surface area is 184 Å². The third-order valence-corrected chi connectivity index (χ3v) is 5.91. The highest BCUT2D eigenvalue weighted by atomic mass is 19.2. The Morgan fingerprint density at radius 2 is 1.59 bits per heavy atom. The summed E-state index contributed by atoms with van der Waals surface area (Å²) in [4.78, 5) is 27.8. The number of hydrogen-bond acceptors (Lipinski definition) is 6. The number of piperazine rings is 1. The number of amides is 1. The minimum Gasteiger partial charge on any atom is -0.491 e. The standard InChI is InChI=1S/C22H26F3N5O2/c1-14-12-17(27-22(26-14)30-6-4-3-5-7-30)28-8-10-29(11-9-28)21(31)15-13-16(23)19(25)20(32-2)18(15)24/h12-13H,3-11H2,1-2H3. The highest BCUT2D eigenvalue weighted by molar-refractivity contribution is 5.95. The number of benzene rings is 1. The van der Waals surface area contributed by atoms with Crippen molar-refractivity contribution in [3.8, 4) is 5.75 Å². The third-order valence-electron chi connectivity index (χ3n) is 5.91. The Balaban J connectivity index is 1.47. The number of aryl methyl sites for hydroxylation is 1. The molecule has 3 heterocycles. The van der Waals surface area contributed by atoms with Crippen LogP contribution in [0.25, 0.3) is 0 Å². The van der Waals surface area contributed by atoms with Crippen molar-refractivity contribution >= 4 is 17.7 Å². The molecule has 1 aromatic carbocycles. The molecule has 172 valence electrons. The molecule has 0 N–H and O–H groups in total. The Morgan fingerprint density at radius 1 is 0.906 bits per heavy atom. The van der Waals surface area contributed by atoms with E-state index in [0.29, 0.717) is 38.2 Å². The normalized spacial score (nSPS) is 17.0. The molecule has 2 aromatic rings. The van der Waals surface area contributed by atoms with Crippen LogP contribution in [0.2, 0.25) is 0 Å². The number of halogens is 3. The Hall–Kier alpha value is -3.04. The van der Waals surface area contributed by atoms with E-state index in [0.717, 1.165) is 44.6 Å². The zero-order valence-corrected chi connectivity index (χ0v) is 18.2. The number of nitrogens with zero attached hydrogens (tertiary/aromatic N) is 5. The molecule has 7 nitrogen and oxygen atoms in total. The van der Waals surface area contributed by atoms with Crippen LogP contribution in [0.4, 0.5) is 24.9 Å². The molecular formula is C22H26F3N5O2. The lowest BCUT2D eigenvalue weighted by atomic mass is 10.1. The molecule has 0 spiro atoms. The van der Waals surface area contributed by atoms with Crippen molar-refractivity contribution in [3.63, 3.8) is 0 Å². The number of carbonyl (C=O) groups excluding carboxylic acids is 1. The van der Waals surface area contributed by atoms with Crippen molar-refractivity contribution in [1.82, 2.24) is 14.9 Å². The molecule has 2 saturated heterocycles. The molecule has 0 radical (unpaired) electrons. The quantitative estimate of drug-likeness (QED) is 0.669. The first-order valence-corrected chi connectivity index (χ1v) is 10.8. The smallest absolute Gasteiger partial charge is 0.257 e. The van der Waals surface area contributed by atoms with Crippen LogP contribution in [0.15, 0.2) is 12.1 Å². The zero-order valence-electron chi connectivity index (χ0n) is 18.2. The lowest BCUT2D eigenvalue weighted by molar-refractivity contribution is 0.0740. The second-order valence-corrected chi connectivity index (χ2v) is 8.06. The maximum absolute atomic E-state index is 14.5. The number of aromatic nitrogens is 2. The molecule has 0 aliphatic carbocycles. The van der Waals surface area contributed by atoms with Crippen LogP contribution >= 0.6 is 0 Å². The fourth-order valence-electron chi connectivity index (χ4n) is 4.16. The van der Waals surface area contributed by atoms with Crippen LogP contribution in [-0.2, 0) is 0 Å². The van der Waals surface area contributed by atoms with E-state index in [1.165, 1.54) is 11.3 Å². The van der Waals surface area contributed by atoms with Gasteiger partial charge in [-0.05, 0) is 32.3 Å². The van der Waals surface area contributed by atoms with E-state index >= 15 is 0 Å². The molecule has 32 heavy (non-hydrogen) atoms. The number of piperidine rings is 1. The van der Waals surface area contributed by atoms with Gasteiger partial charge in [0, 0.05) is 51.0 Å². The van der Waals surface area contributed by atoms with E-state index in [4.69, 9.17) is 4.98 Å². The van der Waals surface area contributed by atoms with Crippen LogP contribution < -0.4 is 14.5 Å². The molecule has 0 bridgehead atoms. The largest absolute Gasteiger partial charge is 0.491 e. The first kappa shape index (κ1) is 22.2. The van der Waals surface area contributed by atoms with Gasteiger partial charge in [0.1, 0.15) is 5.82 Å². The van der Waals surface area contributed by atoms with Crippen LogP contribution in [-0.4, -0.2) is 67.2 Å². The summed E-state index contributed by atoms with van der Waals surface area (Å²) in [5, 5.41) is 0. The average molecular weight is 449 g/mol. The number of methoxy groups -OCH3 is 1. The van der Waals surface area contributed by atoms with E-state index in [2.05, 4.69) is 14.6 Å². The van der Waals surface area contributed by atoms with Crippen molar-refractivity contribution < 1.29 is 22.7 Å². The summed E-state index contributed by atoms with van der Waals surface area (Å²) in [5.74, 6) is -4.07. The van der Waals surface area contributed by atoms with Gasteiger partial charge in [-0.3, -0.25) is 4.79 Å². The number of carbonyl (C=O) groups is 1. The van der Waals surface area contributed by atoms with Crippen molar-refractivity contribution in [2.75, 3.05) is 56.2 Å². The molecule has 10 heteroatoms. The summed E-state index contributed by atoms with van der Waals surface area (Å²) in [6.07, 6.45) is 3.47. The van der Waals surface area contributed by atoms with Crippen molar-refractivity contribution in [3.05, 3.63) is 40.8 Å². The van der Waals surface area contributed by atoms with E-state index < -0.39 is 34.7 Å². The minimum atomic E-state index is -1.45. The van der Waals surface area contributed by atoms with Gasteiger partial charge in [0.05, 0.1) is 12.7 Å². The Bertz CT molecular complexity index is 1010. The molecule has 0 saturated carbocycles. The predicted molar refractivity (Wildman–Crippen MR) is 114 cm³/mol. The topological polar surface area (TPSA) is 61.8 Å². The van der Waals surface area contributed by atoms with Gasteiger partial charge in [-0.15, -0.1) is 0 Å². The number of ether oxygens (including phenoxy) is 1. The molecule has 1 aromatic heterocycles. The first-order chi connectivity index (χ1) is 15.4. The van der Waals surface area contributed by atoms with Gasteiger partial charge in [0.2, 0.25) is 11.8 Å². The summed E-state index contributed by atoms with van der Waals surface area (Å²) < 4.78 is 46.6. The van der Waals surface area contributed by atoms with Crippen LogP contribution in [0.5, 0.6) is 5.75 Å². The molecule has 0 unspecified atom stereocenters. The van der Waals surface area contributed by atoms with Crippen molar-refractivity contribution in [2.45, 2.75) is 26.2 Å². The highest BCUT2D eigenvalue weighted by Gasteiger charge is 2.29. The first-order valence-electron chi connectivity index (χ1n) is 10.8. The average Bonchev–Trinajstić information content (AvgIpc) is 2.81. The summed E-state index contributed by atoms with van der Waals surface area (Å²) in [6, 6.07) is 2.49. The number of hydrogen-bond donors (Lipinski definition) is 0. The lowest BCUT2D eigenvalue weighted by Gasteiger charge is -2.36. The molecule has 2 aliphatic heterocycles. The molecule has 1 amide bonds. The SMILES string of the molecule is COc1c(F)c(F)cc(C(=O)N2CCN(c3cc(C)nc(N4CCCCC4)n3)CC2)c1F. The number of rotatable bonds is 4. The van der Waals surface area contributed by atoms with Gasteiger partial charge in [0.25, 0.3) is 5.91 Å². The summed E-state index contributed by atoms with van der Waals surface area (Å²) in [6.45, 7) is 5.35. The Kier molecular flexibility index (Phi) is 6.38. The van der Waals surface area contributed by atoms with Gasteiger partial charge in [-0.25, -0.2) is 13.8 Å². The second-order valence-electron chi connectivity index (χ2n) is 8.06. The second kappa shape index (κ2) is 9.22. The molecule has 2 fully saturated rings. The fourth-order valence-corrected chi connectivity index (χ4v) is 4.16. The van der Waals surface area contributed by atoms with Crippen molar-refractivity contribution in [2.24, 2.45) is 0 Å².